The summed E-state index contributed by atoms with van der Waals surface area (Å²) in [5.41, 5.74) is 5.59. The van der Waals surface area contributed by atoms with E-state index in [2.05, 4.69) is 29.4 Å². The van der Waals surface area contributed by atoms with Gasteiger partial charge in [-0.15, -0.1) is 0 Å². The highest BCUT2D eigenvalue weighted by Crippen LogP contribution is 2.22. The first kappa shape index (κ1) is 23.3. The Morgan fingerprint density at radius 1 is 1.29 bits per heavy atom. The maximum absolute atomic E-state index is 12.5. The largest absolute Gasteiger partial charge is 0.483 e. The average molecular weight is 384 g/mol. The Morgan fingerprint density at radius 2 is 1.96 bits per heavy atom. The Hall–Kier alpha value is -2.69. The number of carbonyl (C=O) groups is 1. The zero-order valence-corrected chi connectivity index (χ0v) is 18.4. The van der Waals surface area contributed by atoms with Crippen LogP contribution in [-0.2, 0) is 9.53 Å². The van der Waals surface area contributed by atoms with E-state index >= 15 is 0 Å². The topological polar surface area (TPSA) is 63.0 Å². The number of rotatable bonds is 7. The van der Waals surface area contributed by atoms with Crippen molar-refractivity contribution < 1.29 is 9.53 Å². The van der Waals surface area contributed by atoms with Crippen LogP contribution in [0, 0.1) is 6.92 Å². The summed E-state index contributed by atoms with van der Waals surface area (Å²) in [6.07, 6.45) is 2.59. The van der Waals surface area contributed by atoms with Gasteiger partial charge >= 0.3 is 0 Å². The fourth-order valence-corrected chi connectivity index (χ4v) is 2.70. The van der Waals surface area contributed by atoms with Gasteiger partial charge in [-0.1, -0.05) is 30.7 Å². The SMILES string of the molecule is CCC(/C=C(\C)C(=O)NC(C)C(=NC(=C(C)C)c1cccc(C)c1)OC)=NC. The van der Waals surface area contributed by atoms with Gasteiger partial charge in [0, 0.05) is 23.9 Å². The molecule has 5 heteroatoms. The summed E-state index contributed by atoms with van der Waals surface area (Å²) in [7, 11) is 3.30. The highest BCUT2D eigenvalue weighted by Gasteiger charge is 2.17. The molecule has 0 fully saturated rings. The minimum absolute atomic E-state index is 0.166. The number of methoxy groups -OCH3 is 1. The second-order valence-corrected chi connectivity index (χ2v) is 6.96. The van der Waals surface area contributed by atoms with Crippen molar-refractivity contribution in [2.24, 2.45) is 9.98 Å². The first-order valence-corrected chi connectivity index (χ1v) is 9.55. The van der Waals surface area contributed by atoms with E-state index in [1.165, 1.54) is 0 Å². The van der Waals surface area contributed by atoms with Crippen molar-refractivity contribution in [2.45, 2.75) is 54.0 Å². The first-order valence-electron chi connectivity index (χ1n) is 9.55. The van der Waals surface area contributed by atoms with E-state index in [1.807, 2.05) is 39.8 Å². The fourth-order valence-electron chi connectivity index (χ4n) is 2.70. The molecule has 1 rings (SSSR count). The van der Waals surface area contributed by atoms with Crippen LogP contribution in [0.3, 0.4) is 0 Å². The monoisotopic (exact) mass is 383 g/mol. The van der Waals surface area contributed by atoms with Crippen molar-refractivity contribution in [3.63, 3.8) is 0 Å². The molecule has 0 radical (unpaired) electrons. The van der Waals surface area contributed by atoms with E-state index in [1.54, 1.807) is 27.2 Å². The van der Waals surface area contributed by atoms with Gasteiger partial charge in [-0.2, -0.15) is 0 Å². The highest BCUT2D eigenvalue weighted by atomic mass is 16.5. The average Bonchev–Trinajstić information content (AvgIpc) is 2.66. The molecule has 152 valence electrons. The van der Waals surface area contributed by atoms with E-state index in [9.17, 15) is 4.79 Å². The second kappa shape index (κ2) is 11.2. The molecule has 0 spiro atoms. The molecule has 1 aromatic rings. The van der Waals surface area contributed by atoms with Crippen molar-refractivity contribution in [3.8, 4) is 0 Å². The van der Waals surface area contributed by atoms with Gasteiger partial charge in [-0.3, -0.25) is 9.79 Å². The Bertz CT molecular complexity index is 813. The number of nitrogens with one attached hydrogen (secondary N) is 1. The van der Waals surface area contributed by atoms with Crippen LogP contribution in [0.15, 0.2) is 51.5 Å². The normalized spacial score (nSPS) is 13.8. The van der Waals surface area contributed by atoms with Gasteiger partial charge in [0.15, 0.2) is 0 Å². The van der Waals surface area contributed by atoms with Crippen LogP contribution < -0.4 is 5.32 Å². The summed E-state index contributed by atoms with van der Waals surface area (Å²) in [5.74, 6) is 0.292. The van der Waals surface area contributed by atoms with Crippen molar-refractivity contribution in [3.05, 3.63) is 52.6 Å². The molecule has 0 saturated carbocycles. The van der Waals surface area contributed by atoms with Crippen LogP contribution in [0.25, 0.3) is 5.70 Å². The molecule has 0 bridgehead atoms. The molecule has 0 aliphatic rings. The maximum atomic E-state index is 12.5. The Morgan fingerprint density at radius 3 is 2.46 bits per heavy atom. The molecule has 1 unspecified atom stereocenters. The van der Waals surface area contributed by atoms with Crippen molar-refractivity contribution in [1.29, 1.82) is 0 Å². The molecule has 0 aliphatic heterocycles. The van der Waals surface area contributed by atoms with Crippen LogP contribution in [0.5, 0.6) is 0 Å². The lowest BCUT2D eigenvalue weighted by molar-refractivity contribution is -0.117. The number of allylic oxidation sites excluding steroid dienone is 2. The first-order chi connectivity index (χ1) is 13.2. The van der Waals surface area contributed by atoms with Crippen LogP contribution >= 0.6 is 0 Å². The lowest BCUT2D eigenvalue weighted by Crippen LogP contribution is -2.39. The zero-order valence-electron chi connectivity index (χ0n) is 18.4. The summed E-state index contributed by atoms with van der Waals surface area (Å²) >= 11 is 0. The quantitative estimate of drug-likeness (QED) is 0.420. The number of carbonyl (C=O) groups excluding carboxylic acids is 1. The van der Waals surface area contributed by atoms with E-state index in [0.29, 0.717) is 11.5 Å². The molecule has 0 heterocycles. The third-order valence-corrected chi connectivity index (χ3v) is 4.31. The molecular weight excluding hydrogens is 350 g/mol. The van der Waals surface area contributed by atoms with Gasteiger partial charge in [0.25, 0.3) is 0 Å². The van der Waals surface area contributed by atoms with Crippen LogP contribution in [0.4, 0.5) is 0 Å². The summed E-state index contributed by atoms with van der Waals surface area (Å²) in [6.45, 7) is 11.7. The van der Waals surface area contributed by atoms with Gasteiger partial charge in [0.2, 0.25) is 11.8 Å². The number of nitrogens with zero attached hydrogens (tertiary/aromatic N) is 2. The van der Waals surface area contributed by atoms with E-state index in [-0.39, 0.29) is 11.9 Å². The predicted octanol–water partition coefficient (Wildman–Crippen LogP) is 4.72. The molecule has 28 heavy (non-hydrogen) atoms. The lowest BCUT2D eigenvalue weighted by Gasteiger charge is -2.17. The second-order valence-electron chi connectivity index (χ2n) is 6.96. The van der Waals surface area contributed by atoms with Crippen LogP contribution in [0.2, 0.25) is 0 Å². The molecule has 1 atom stereocenters. The van der Waals surface area contributed by atoms with Crippen molar-refractivity contribution in [2.75, 3.05) is 14.2 Å². The molecule has 0 saturated heterocycles. The number of amides is 1. The Labute approximate surface area is 169 Å². The molecule has 1 N–H and O–H groups in total. The number of hydrogen-bond acceptors (Lipinski definition) is 4. The summed E-state index contributed by atoms with van der Waals surface area (Å²) in [4.78, 5) is 21.4. The molecular formula is C23H33N3O2. The third kappa shape index (κ3) is 6.80. The lowest BCUT2D eigenvalue weighted by atomic mass is 10.1. The summed E-state index contributed by atoms with van der Waals surface area (Å²) in [6, 6.07) is 7.80. The Kier molecular flexibility index (Phi) is 9.36. The van der Waals surface area contributed by atoms with Gasteiger partial charge in [0.1, 0.15) is 6.04 Å². The minimum Gasteiger partial charge on any atom is -0.483 e. The predicted molar refractivity (Wildman–Crippen MR) is 119 cm³/mol. The fraction of sp³-hybridized carbons (Fsp3) is 0.435. The molecule has 0 aliphatic carbocycles. The van der Waals surface area contributed by atoms with Crippen molar-refractivity contribution >= 4 is 23.2 Å². The van der Waals surface area contributed by atoms with Gasteiger partial charge < -0.3 is 10.1 Å². The van der Waals surface area contributed by atoms with E-state index in [4.69, 9.17) is 9.73 Å². The van der Waals surface area contributed by atoms with Gasteiger partial charge in [-0.25, -0.2) is 4.99 Å². The number of aryl methyl sites for hydroxylation is 1. The smallest absolute Gasteiger partial charge is 0.247 e. The van der Waals surface area contributed by atoms with Gasteiger partial charge in [-0.05, 0) is 58.8 Å². The number of aliphatic imine (C=N–C) groups is 2. The Balaban J connectivity index is 3.10. The summed E-state index contributed by atoms with van der Waals surface area (Å²) in [5, 5.41) is 2.95. The molecule has 5 nitrogen and oxygen atoms in total. The standard InChI is InChI=1S/C23H33N3O2/c1-9-20(24-7)14-17(5)22(27)25-18(6)23(28-8)26-21(15(2)3)19-12-10-11-16(4)13-19/h10-14,18H,9H2,1-8H3,(H,25,27)/b17-14+,24-20?,26-23?. The van der Waals surface area contributed by atoms with Crippen LogP contribution in [0.1, 0.15) is 52.2 Å². The number of hydrogen-bond donors (Lipinski definition) is 1. The molecule has 1 aromatic carbocycles. The maximum Gasteiger partial charge on any atom is 0.247 e. The minimum atomic E-state index is -0.372. The molecule has 0 aromatic heterocycles. The van der Waals surface area contributed by atoms with Crippen LogP contribution in [-0.4, -0.2) is 37.7 Å². The van der Waals surface area contributed by atoms with Crippen molar-refractivity contribution in [1.82, 2.24) is 5.32 Å². The number of ether oxygens (including phenoxy) is 1. The number of benzene rings is 1. The zero-order chi connectivity index (χ0) is 21.3. The highest BCUT2D eigenvalue weighted by molar-refractivity contribution is 6.04. The van der Waals surface area contributed by atoms with E-state index in [0.717, 1.165) is 34.5 Å². The third-order valence-electron chi connectivity index (χ3n) is 4.31. The molecule has 1 amide bonds. The summed E-state index contributed by atoms with van der Waals surface area (Å²) < 4.78 is 5.51. The van der Waals surface area contributed by atoms with Gasteiger partial charge in [0.05, 0.1) is 12.8 Å². The van der Waals surface area contributed by atoms with E-state index < -0.39 is 0 Å².